The van der Waals surface area contributed by atoms with Gasteiger partial charge in [0.1, 0.15) is 6.04 Å². The Bertz CT molecular complexity index is 509. The standard InChI is InChI=1S/C11H12N2O2/c12-9(11(14)15)5-7-6-13-10-4-2-1-3-8(7)10/h1-4,6,9,13H,5,12H2,(H,14,15)/t9-/m1/s1/i/hD. The van der Waals surface area contributed by atoms with E-state index in [1.54, 1.807) is 0 Å². The van der Waals surface area contributed by atoms with Gasteiger partial charge in [-0.1, -0.05) is 18.2 Å². The Hall–Kier alpha value is -1.81. The average molecular weight is 205 g/mol. The third-order valence-electron chi connectivity index (χ3n) is 2.42. The molecule has 0 fully saturated rings. The maximum atomic E-state index is 11.0. The van der Waals surface area contributed by atoms with E-state index in [-0.39, 0.29) is 0 Å². The number of aromatic amines is 1. The molecule has 4 N–H and O–H groups in total. The number of carboxylic acids is 1. The monoisotopic (exact) mass is 205 g/mol. The van der Waals surface area contributed by atoms with Gasteiger partial charge in [-0.05, 0) is 11.6 Å². The highest BCUT2D eigenvalue weighted by atomic mass is 16.4. The van der Waals surface area contributed by atoms with Crippen LogP contribution in [0.25, 0.3) is 12.3 Å². The molecule has 0 aliphatic heterocycles. The van der Waals surface area contributed by atoms with Crippen LogP contribution in [0.15, 0.2) is 30.5 Å². The van der Waals surface area contributed by atoms with Crippen LogP contribution in [0.2, 0.25) is 0 Å². The number of benzene rings is 1. The number of para-hydroxylation sites is 1. The van der Waals surface area contributed by atoms with E-state index in [4.69, 9.17) is 7.16 Å². The Morgan fingerprint density at radius 3 is 3.20 bits per heavy atom. The first-order valence-corrected chi connectivity index (χ1v) is 4.70. The molecule has 0 aliphatic carbocycles. The van der Waals surface area contributed by atoms with Gasteiger partial charge >= 0.3 is 5.97 Å². The lowest BCUT2D eigenvalue weighted by Gasteiger charge is -2.04. The number of hydrogen-bond donors (Lipinski definition) is 3. The van der Waals surface area contributed by atoms with Crippen molar-refractivity contribution in [3.8, 4) is 0 Å². The van der Waals surface area contributed by atoms with Crippen LogP contribution < -0.4 is 5.73 Å². The lowest BCUT2D eigenvalue weighted by atomic mass is 10.1. The van der Waals surface area contributed by atoms with Gasteiger partial charge in [-0.15, -0.1) is 0 Å². The highest BCUT2D eigenvalue weighted by Gasteiger charge is 2.14. The molecule has 2 rings (SSSR count). The minimum absolute atomic E-state index is 0.363. The summed E-state index contributed by atoms with van der Waals surface area (Å²) in [5.41, 5.74) is 7.56. The van der Waals surface area contributed by atoms with E-state index in [0.717, 1.165) is 16.5 Å². The summed E-state index contributed by atoms with van der Waals surface area (Å²) in [6.45, 7) is 0. The molecule has 15 heavy (non-hydrogen) atoms. The fourth-order valence-corrected chi connectivity index (χ4v) is 1.62. The second-order valence-corrected chi connectivity index (χ2v) is 3.49. The van der Waals surface area contributed by atoms with Crippen molar-refractivity contribution in [3.05, 3.63) is 36.0 Å². The van der Waals surface area contributed by atoms with E-state index in [1.807, 2.05) is 30.5 Å². The van der Waals surface area contributed by atoms with Crippen LogP contribution in [0.5, 0.6) is 0 Å². The first kappa shape index (κ1) is 8.49. The zero-order chi connectivity index (χ0) is 11.5. The number of aliphatic carboxylic acids is 1. The summed E-state index contributed by atoms with van der Waals surface area (Å²) in [5.74, 6) is -0.717. The minimum atomic E-state index is -0.795. The van der Waals surface area contributed by atoms with Gasteiger partial charge in [-0.2, -0.15) is 0 Å². The van der Waals surface area contributed by atoms with Gasteiger partial charge in [0.25, 0.3) is 1.43 Å². The smallest absolute Gasteiger partial charge is 0.320 e. The topological polar surface area (TPSA) is 79.1 Å². The van der Waals surface area contributed by atoms with Gasteiger partial charge in [0.15, 0.2) is 0 Å². The molecule has 0 unspecified atom stereocenters. The van der Waals surface area contributed by atoms with E-state index in [9.17, 15) is 4.79 Å². The number of nitrogens with two attached hydrogens (primary N) is 1. The molecule has 0 radical (unpaired) electrons. The maximum Gasteiger partial charge on any atom is 0.320 e. The molecule has 4 nitrogen and oxygen atoms in total. The normalized spacial score (nSPS) is 13.5. The SMILES string of the molecule is [2H]OC(=O)[C@H](N)Cc1c[nH]c2ccccc12. The zero-order valence-corrected chi connectivity index (χ0v) is 8.07. The molecular weight excluding hydrogens is 192 g/mol. The Kier molecular flexibility index (Phi) is 2.12. The van der Waals surface area contributed by atoms with E-state index < -0.39 is 12.0 Å². The van der Waals surface area contributed by atoms with Crippen LogP contribution in [-0.4, -0.2) is 22.1 Å². The van der Waals surface area contributed by atoms with E-state index >= 15 is 0 Å². The van der Waals surface area contributed by atoms with E-state index in [2.05, 4.69) is 10.1 Å². The predicted octanol–water partition coefficient (Wildman–Crippen LogP) is 1.12. The lowest BCUT2D eigenvalue weighted by molar-refractivity contribution is -0.138. The van der Waals surface area contributed by atoms with Gasteiger partial charge in [0.2, 0.25) is 0 Å². The summed E-state index contributed by atoms with van der Waals surface area (Å²) in [7, 11) is 0. The Morgan fingerprint density at radius 1 is 1.60 bits per heavy atom. The molecule has 78 valence electrons. The largest absolute Gasteiger partial charge is 0.480 e. The summed E-state index contributed by atoms with van der Waals surface area (Å²) in [5, 5.41) is 4.89. The van der Waals surface area contributed by atoms with Crippen LogP contribution in [0.4, 0.5) is 0 Å². The van der Waals surface area contributed by atoms with Gasteiger partial charge < -0.3 is 15.8 Å². The van der Waals surface area contributed by atoms with Crippen LogP contribution in [0.1, 0.15) is 5.56 Å². The summed E-state index contributed by atoms with van der Waals surface area (Å²) >= 11 is 0. The zero-order valence-electron chi connectivity index (χ0n) is 9.07. The first-order valence-electron chi connectivity index (χ1n) is 5.11. The lowest BCUT2D eigenvalue weighted by Crippen LogP contribution is -2.32. The van der Waals surface area contributed by atoms with Crippen molar-refractivity contribution in [3.63, 3.8) is 0 Å². The fraction of sp³-hybridized carbons (Fsp3) is 0.182. The fourth-order valence-electron chi connectivity index (χ4n) is 1.62. The predicted molar refractivity (Wildman–Crippen MR) is 57.6 cm³/mol. The molecule has 0 bridgehead atoms. The molecule has 1 aromatic heterocycles. The molecular formula is C11H12N2O2. The van der Waals surface area contributed by atoms with Crippen LogP contribution in [0.3, 0.4) is 0 Å². The number of rotatable bonds is 3. The third-order valence-corrected chi connectivity index (χ3v) is 2.42. The molecule has 0 saturated carbocycles. The molecule has 4 heteroatoms. The van der Waals surface area contributed by atoms with Crippen molar-refractivity contribution in [2.75, 3.05) is 0 Å². The van der Waals surface area contributed by atoms with Gasteiger partial charge in [0, 0.05) is 23.5 Å². The van der Waals surface area contributed by atoms with Crippen LogP contribution >= 0.6 is 0 Å². The second kappa shape index (κ2) is 3.74. The number of fused-ring (bicyclic) bond motifs is 1. The summed E-state index contributed by atoms with van der Waals surface area (Å²) in [6.07, 6.45) is 2.18. The van der Waals surface area contributed by atoms with Crippen molar-refractivity contribution in [1.29, 1.82) is 1.43 Å². The van der Waals surface area contributed by atoms with Crippen molar-refractivity contribution < 1.29 is 9.90 Å². The van der Waals surface area contributed by atoms with Gasteiger partial charge in [0.05, 0.1) is 0 Å². The molecule has 1 heterocycles. The van der Waals surface area contributed by atoms with E-state index in [0.29, 0.717) is 6.42 Å². The Balaban J connectivity index is 2.24. The van der Waals surface area contributed by atoms with Gasteiger partial charge in [-0.25, -0.2) is 0 Å². The number of carboxylic acid groups (broad SMARTS) is 1. The van der Waals surface area contributed by atoms with Gasteiger partial charge in [-0.3, -0.25) is 4.79 Å². The van der Waals surface area contributed by atoms with E-state index in [1.165, 1.54) is 0 Å². The van der Waals surface area contributed by atoms with Crippen molar-refractivity contribution in [2.24, 2.45) is 5.73 Å². The summed E-state index contributed by atoms with van der Waals surface area (Å²) < 4.78 is 6.49. The molecule has 0 spiro atoms. The summed E-state index contributed by atoms with van der Waals surface area (Å²) in [4.78, 5) is 14.1. The number of nitrogens with one attached hydrogen (secondary N) is 1. The molecule has 0 saturated heterocycles. The summed E-state index contributed by atoms with van der Waals surface area (Å²) in [6, 6.07) is 6.97. The Morgan fingerprint density at radius 2 is 2.40 bits per heavy atom. The quantitative estimate of drug-likeness (QED) is 0.702. The molecule has 2 aromatic rings. The second-order valence-electron chi connectivity index (χ2n) is 3.49. The van der Waals surface area contributed by atoms with Crippen LogP contribution in [0, 0.1) is 0 Å². The van der Waals surface area contributed by atoms with Crippen molar-refractivity contribution in [1.82, 2.24) is 4.98 Å². The molecule has 1 aromatic carbocycles. The number of H-pyrrole nitrogens is 1. The number of carbonyl (C=O) groups is 1. The molecule has 0 aliphatic rings. The minimum Gasteiger partial charge on any atom is -0.480 e. The van der Waals surface area contributed by atoms with Crippen molar-refractivity contribution >= 4 is 16.9 Å². The highest BCUT2D eigenvalue weighted by Crippen LogP contribution is 2.18. The van der Waals surface area contributed by atoms with Crippen molar-refractivity contribution in [2.45, 2.75) is 12.5 Å². The number of hydrogen-bond acceptors (Lipinski definition) is 3. The first-order chi connectivity index (χ1) is 7.72. The number of aromatic nitrogens is 1. The Labute approximate surface area is 88.2 Å². The average Bonchev–Trinajstić information content (AvgIpc) is 2.72. The molecule has 0 amide bonds. The third kappa shape index (κ3) is 1.85. The highest BCUT2D eigenvalue weighted by molar-refractivity contribution is 5.84. The van der Waals surface area contributed by atoms with Crippen LogP contribution in [-0.2, 0) is 11.2 Å². The molecule has 1 atom stereocenters. The maximum absolute atomic E-state index is 11.0.